The minimum atomic E-state index is -1.08. The van der Waals surface area contributed by atoms with Gasteiger partial charge in [0, 0.05) is 22.2 Å². The van der Waals surface area contributed by atoms with Gasteiger partial charge in [-0.3, -0.25) is 9.97 Å². The summed E-state index contributed by atoms with van der Waals surface area (Å²) in [5.41, 5.74) is 2.33. The molecule has 0 bridgehead atoms. The third-order valence-corrected chi connectivity index (χ3v) is 3.46. The predicted molar refractivity (Wildman–Crippen MR) is 80.4 cm³/mol. The van der Waals surface area contributed by atoms with Crippen LogP contribution in [0.15, 0.2) is 24.3 Å². The molecule has 0 fully saturated rings. The van der Waals surface area contributed by atoms with Crippen molar-refractivity contribution in [2.45, 2.75) is 13.8 Å². The lowest BCUT2D eigenvalue weighted by atomic mass is 10.0. The van der Waals surface area contributed by atoms with Crippen LogP contribution in [0.1, 0.15) is 32.1 Å². The molecule has 1 aromatic carbocycles. The maximum atomic E-state index is 11.4. The van der Waals surface area contributed by atoms with Crippen LogP contribution in [0.25, 0.3) is 21.8 Å². The molecule has 6 heteroatoms. The molecule has 0 aliphatic rings. The Kier molecular flexibility index (Phi) is 3.02. The van der Waals surface area contributed by atoms with Crippen molar-refractivity contribution in [3.8, 4) is 0 Å². The van der Waals surface area contributed by atoms with E-state index in [4.69, 9.17) is 0 Å². The minimum Gasteiger partial charge on any atom is -0.478 e. The molecular formula is C16H12N2O4. The van der Waals surface area contributed by atoms with E-state index in [1.807, 2.05) is 0 Å². The van der Waals surface area contributed by atoms with E-state index in [0.29, 0.717) is 33.2 Å². The van der Waals surface area contributed by atoms with Gasteiger partial charge in [0.25, 0.3) is 0 Å². The van der Waals surface area contributed by atoms with Gasteiger partial charge in [0.1, 0.15) is 0 Å². The Morgan fingerprint density at radius 2 is 1.18 bits per heavy atom. The number of nitrogens with zero attached hydrogens (tertiary/aromatic N) is 2. The Balaban J connectivity index is 2.52. The van der Waals surface area contributed by atoms with E-state index in [-0.39, 0.29) is 11.1 Å². The second kappa shape index (κ2) is 4.77. The van der Waals surface area contributed by atoms with Crippen LogP contribution in [-0.2, 0) is 0 Å². The molecule has 2 N–H and O–H groups in total. The van der Waals surface area contributed by atoms with Crippen molar-refractivity contribution >= 4 is 33.7 Å². The van der Waals surface area contributed by atoms with Crippen molar-refractivity contribution in [3.05, 3.63) is 46.8 Å². The first kappa shape index (κ1) is 13.9. The van der Waals surface area contributed by atoms with Crippen molar-refractivity contribution in [3.63, 3.8) is 0 Å². The Morgan fingerprint density at radius 3 is 1.55 bits per heavy atom. The van der Waals surface area contributed by atoms with Crippen molar-refractivity contribution in [2.24, 2.45) is 0 Å². The summed E-state index contributed by atoms with van der Waals surface area (Å²) in [5, 5.41) is 19.5. The molecular weight excluding hydrogens is 284 g/mol. The second-order valence-corrected chi connectivity index (χ2v) is 5.12. The van der Waals surface area contributed by atoms with Crippen LogP contribution in [-0.4, -0.2) is 32.1 Å². The third kappa shape index (κ3) is 2.14. The minimum absolute atomic E-state index is 0.0984. The summed E-state index contributed by atoms with van der Waals surface area (Å²) >= 11 is 0. The highest BCUT2D eigenvalue weighted by atomic mass is 16.4. The summed E-state index contributed by atoms with van der Waals surface area (Å²) in [6.07, 6.45) is 0. The highest BCUT2D eigenvalue weighted by molar-refractivity contribution is 6.11. The van der Waals surface area contributed by atoms with E-state index >= 15 is 0 Å². The molecule has 6 nitrogen and oxygen atoms in total. The van der Waals surface area contributed by atoms with Crippen LogP contribution >= 0.6 is 0 Å². The molecule has 0 saturated heterocycles. The maximum absolute atomic E-state index is 11.4. The summed E-state index contributed by atoms with van der Waals surface area (Å²) in [4.78, 5) is 31.5. The number of benzene rings is 1. The van der Waals surface area contributed by atoms with Crippen molar-refractivity contribution in [1.29, 1.82) is 0 Å². The van der Waals surface area contributed by atoms with Gasteiger partial charge >= 0.3 is 11.9 Å². The fourth-order valence-electron chi connectivity index (χ4n) is 2.57. The monoisotopic (exact) mass is 296 g/mol. The van der Waals surface area contributed by atoms with E-state index in [1.54, 1.807) is 19.9 Å². The fourth-order valence-corrected chi connectivity index (χ4v) is 2.57. The third-order valence-electron chi connectivity index (χ3n) is 3.46. The van der Waals surface area contributed by atoms with Crippen LogP contribution in [0.4, 0.5) is 0 Å². The number of carbonyl (C=O) groups is 2. The van der Waals surface area contributed by atoms with Gasteiger partial charge in [0.15, 0.2) is 0 Å². The number of aromatic nitrogens is 2. The first-order chi connectivity index (χ1) is 10.4. The number of fused-ring (bicyclic) bond motifs is 2. The lowest BCUT2D eigenvalue weighted by Gasteiger charge is -2.09. The number of rotatable bonds is 2. The number of pyridine rings is 2. The number of hydrogen-bond acceptors (Lipinski definition) is 4. The SMILES string of the molecule is Cc1cc(C(=O)O)c2cc3c(C(=O)O)cc(C)nc3cc2n1. The summed E-state index contributed by atoms with van der Waals surface area (Å²) in [5.74, 6) is -2.15. The van der Waals surface area contributed by atoms with Gasteiger partial charge in [-0.05, 0) is 38.1 Å². The molecule has 22 heavy (non-hydrogen) atoms. The number of carboxylic acids is 2. The average Bonchev–Trinajstić information content (AvgIpc) is 2.43. The molecule has 0 atom stereocenters. The molecule has 0 radical (unpaired) electrons. The van der Waals surface area contributed by atoms with E-state index in [2.05, 4.69) is 9.97 Å². The van der Waals surface area contributed by atoms with Crippen LogP contribution in [0, 0.1) is 13.8 Å². The summed E-state index contributed by atoms with van der Waals surface area (Å²) in [6, 6.07) is 6.11. The molecule has 0 saturated carbocycles. The molecule has 3 aromatic rings. The lowest BCUT2D eigenvalue weighted by Crippen LogP contribution is -2.03. The van der Waals surface area contributed by atoms with E-state index < -0.39 is 11.9 Å². The van der Waals surface area contributed by atoms with Gasteiger partial charge < -0.3 is 10.2 Å². The summed E-state index contributed by atoms with van der Waals surface area (Å²) in [7, 11) is 0. The molecule has 3 rings (SSSR count). The van der Waals surface area contributed by atoms with Crippen LogP contribution < -0.4 is 0 Å². The number of carboxylic acid groups (broad SMARTS) is 2. The smallest absolute Gasteiger partial charge is 0.336 e. The predicted octanol–water partition coefficient (Wildman–Crippen LogP) is 2.80. The summed E-state index contributed by atoms with van der Waals surface area (Å²) in [6.45, 7) is 3.42. The van der Waals surface area contributed by atoms with Crippen LogP contribution in [0.3, 0.4) is 0 Å². The standard InChI is InChI=1S/C16H12N2O4/c1-7-3-11(15(19)20)9-5-10-12(16(21)22)4-8(2)18-14(10)6-13(9)17-7/h3-6H,1-2H3,(H,19,20)(H,21,22). The van der Waals surface area contributed by atoms with Gasteiger partial charge in [0.05, 0.1) is 22.2 Å². The van der Waals surface area contributed by atoms with E-state index in [9.17, 15) is 19.8 Å². The Hall–Kier alpha value is -3.02. The molecule has 0 aliphatic carbocycles. The van der Waals surface area contributed by atoms with Gasteiger partial charge in [0.2, 0.25) is 0 Å². The lowest BCUT2D eigenvalue weighted by molar-refractivity contribution is 0.0688. The van der Waals surface area contributed by atoms with Gasteiger partial charge in [-0.25, -0.2) is 9.59 Å². The summed E-state index contributed by atoms with van der Waals surface area (Å²) < 4.78 is 0. The van der Waals surface area contributed by atoms with Gasteiger partial charge in [-0.1, -0.05) is 0 Å². The molecule has 0 aliphatic heterocycles. The van der Waals surface area contributed by atoms with Crippen LogP contribution in [0.2, 0.25) is 0 Å². The number of aromatic carboxylic acids is 2. The van der Waals surface area contributed by atoms with Crippen molar-refractivity contribution in [2.75, 3.05) is 0 Å². The highest BCUT2D eigenvalue weighted by Gasteiger charge is 2.16. The Labute approximate surface area is 125 Å². The number of aryl methyl sites for hydroxylation is 2. The zero-order chi connectivity index (χ0) is 16.0. The molecule has 0 unspecified atom stereocenters. The normalized spacial score (nSPS) is 11.0. The largest absolute Gasteiger partial charge is 0.478 e. The molecule has 0 amide bonds. The fraction of sp³-hybridized carbons (Fsp3) is 0.125. The maximum Gasteiger partial charge on any atom is 0.336 e. The second-order valence-electron chi connectivity index (χ2n) is 5.12. The van der Waals surface area contributed by atoms with Crippen molar-refractivity contribution in [1.82, 2.24) is 9.97 Å². The van der Waals surface area contributed by atoms with Gasteiger partial charge in [-0.15, -0.1) is 0 Å². The number of hydrogen-bond donors (Lipinski definition) is 2. The molecule has 0 spiro atoms. The first-order valence-electron chi connectivity index (χ1n) is 6.56. The molecule has 110 valence electrons. The average molecular weight is 296 g/mol. The molecule has 2 heterocycles. The van der Waals surface area contributed by atoms with Gasteiger partial charge in [-0.2, -0.15) is 0 Å². The zero-order valence-corrected chi connectivity index (χ0v) is 11.9. The van der Waals surface area contributed by atoms with E-state index in [1.165, 1.54) is 18.2 Å². The topological polar surface area (TPSA) is 100 Å². The van der Waals surface area contributed by atoms with Crippen LogP contribution in [0.5, 0.6) is 0 Å². The van der Waals surface area contributed by atoms with Crippen molar-refractivity contribution < 1.29 is 19.8 Å². The molecule has 2 aromatic heterocycles. The Bertz CT molecular complexity index is 888. The highest BCUT2D eigenvalue weighted by Crippen LogP contribution is 2.27. The zero-order valence-electron chi connectivity index (χ0n) is 11.9. The Morgan fingerprint density at radius 1 is 0.773 bits per heavy atom. The quantitative estimate of drug-likeness (QED) is 0.705. The van der Waals surface area contributed by atoms with E-state index in [0.717, 1.165) is 0 Å². The first-order valence-corrected chi connectivity index (χ1v) is 6.56.